The van der Waals surface area contributed by atoms with E-state index in [1.165, 1.54) is 28.2 Å². The molecule has 2 amide bonds. The molecule has 0 spiro atoms. The van der Waals surface area contributed by atoms with Crippen LogP contribution in [0.1, 0.15) is 34.3 Å². The van der Waals surface area contributed by atoms with Gasteiger partial charge < -0.3 is 19.0 Å². The molecule has 3 aromatic carbocycles. The van der Waals surface area contributed by atoms with Crippen LogP contribution < -0.4 is 5.43 Å². The number of para-hydroxylation sites is 1. The summed E-state index contributed by atoms with van der Waals surface area (Å²) < 4.78 is 25.0. The zero-order chi connectivity index (χ0) is 28.1. The van der Waals surface area contributed by atoms with Crippen molar-refractivity contribution in [1.29, 1.82) is 0 Å². The third kappa shape index (κ3) is 6.58. The van der Waals surface area contributed by atoms with Crippen LogP contribution >= 0.6 is 11.6 Å². The third-order valence-corrected chi connectivity index (χ3v) is 7.16. The second-order valence-electron chi connectivity index (χ2n) is 9.79. The van der Waals surface area contributed by atoms with Gasteiger partial charge in [0.15, 0.2) is 5.43 Å². The van der Waals surface area contributed by atoms with Crippen LogP contribution in [0.5, 0.6) is 0 Å². The first-order chi connectivity index (χ1) is 19.4. The van der Waals surface area contributed by atoms with E-state index in [-0.39, 0.29) is 49.5 Å². The zero-order valence-electron chi connectivity index (χ0n) is 21.7. The number of amides is 2. The van der Waals surface area contributed by atoms with Crippen molar-refractivity contribution < 1.29 is 23.1 Å². The predicted molar refractivity (Wildman–Crippen MR) is 149 cm³/mol. The van der Waals surface area contributed by atoms with Crippen LogP contribution in [0.2, 0.25) is 5.02 Å². The van der Waals surface area contributed by atoms with Gasteiger partial charge in [0.1, 0.15) is 17.9 Å². The molecule has 1 aromatic heterocycles. The summed E-state index contributed by atoms with van der Waals surface area (Å²) in [7, 11) is 0. The van der Waals surface area contributed by atoms with Gasteiger partial charge in [0.2, 0.25) is 5.91 Å². The lowest BCUT2D eigenvalue weighted by Crippen LogP contribution is -2.45. The zero-order valence-corrected chi connectivity index (χ0v) is 22.5. The number of ether oxygens (including phenoxy) is 1. The molecule has 9 heteroatoms. The van der Waals surface area contributed by atoms with E-state index < -0.39 is 5.82 Å². The van der Waals surface area contributed by atoms with E-state index >= 15 is 0 Å². The van der Waals surface area contributed by atoms with Crippen LogP contribution in [-0.4, -0.2) is 47.4 Å². The quantitative estimate of drug-likeness (QED) is 0.271. The minimum Gasteiger partial charge on any atom is -0.464 e. The molecule has 2 heterocycles. The largest absolute Gasteiger partial charge is 0.464 e. The minimum atomic E-state index is -0.395. The number of hydrogen-bond donors (Lipinski definition) is 0. The van der Waals surface area contributed by atoms with E-state index in [0.29, 0.717) is 39.3 Å². The summed E-state index contributed by atoms with van der Waals surface area (Å²) in [5.74, 6) is -1.10. The van der Waals surface area contributed by atoms with E-state index in [1.54, 1.807) is 60.7 Å². The molecular formula is C31H28ClFN2O5. The summed E-state index contributed by atoms with van der Waals surface area (Å²) in [5.41, 5.74) is 1.57. The molecular weight excluding hydrogens is 535 g/mol. The van der Waals surface area contributed by atoms with Crippen LogP contribution in [0.25, 0.3) is 11.0 Å². The fourth-order valence-corrected chi connectivity index (χ4v) is 4.89. The first kappa shape index (κ1) is 27.6. The number of benzene rings is 3. The Bertz CT molecular complexity index is 1550. The Labute approximate surface area is 235 Å². The van der Waals surface area contributed by atoms with E-state index in [9.17, 15) is 18.8 Å². The molecule has 0 saturated carbocycles. The molecule has 5 rings (SSSR count). The maximum absolute atomic E-state index is 13.8. The number of halogens is 2. The van der Waals surface area contributed by atoms with Gasteiger partial charge in [-0.2, -0.15) is 0 Å². The second-order valence-corrected chi connectivity index (χ2v) is 10.2. The summed E-state index contributed by atoms with van der Waals surface area (Å²) in [6.45, 7) is 0.674. The molecule has 0 N–H and O–H groups in total. The topological polar surface area (TPSA) is 80.1 Å². The molecule has 1 aliphatic heterocycles. The Morgan fingerprint density at radius 2 is 1.70 bits per heavy atom. The van der Waals surface area contributed by atoms with Crippen molar-refractivity contribution in [2.24, 2.45) is 0 Å². The summed E-state index contributed by atoms with van der Waals surface area (Å²) in [6.07, 6.45) is 2.85. The number of carbonyl (C=O) groups excluding carboxylic acids is 2. The molecule has 1 fully saturated rings. The highest BCUT2D eigenvalue weighted by Gasteiger charge is 2.28. The summed E-state index contributed by atoms with van der Waals surface area (Å²) in [6, 6.07) is 19.2. The Balaban J connectivity index is 1.43. The van der Waals surface area contributed by atoms with Crippen LogP contribution in [0.15, 0.2) is 88.3 Å². The van der Waals surface area contributed by atoms with Gasteiger partial charge in [0.25, 0.3) is 5.91 Å². The SMILES string of the molecule is O=C(CN(C[C@H]1CCCO1)C(=O)c1ccc(Cl)cc1)N(Cc1ccc(F)cc1)Cc1coc2ccccc2c1=O. The van der Waals surface area contributed by atoms with Gasteiger partial charge in [-0.15, -0.1) is 0 Å². The molecule has 0 bridgehead atoms. The smallest absolute Gasteiger partial charge is 0.254 e. The summed E-state index contributed by atoms with van der Waals surface area (Å²) in [4.78, 5) is 43.5. The average molecular weight is 563 g/mol. The fourth-order valence-electron chi connectivity index (χ4n) is 4.77. The van der Waals surface area contributed by atoms with Crippen molar-refractivity contribution in [3.05, 3.63) is 117 Å². The van der Waals surface area contributed by atoms with Gasteiger partial charge in [-0.1, -0.05) is 35.9 Å². The maximum Gasteiger partial charge on any atom is 0.254 e. The first-order valence-electron chi connectivity index (χ1n) is 13.1. The molecule has 4 aromatic rings. The normalized spacial score (nSPS) is 14.8. The van der Waals surface area contributed by atoms with Crippen LogP contribution in [-0.2, 0) is 22.6 Å². The molecule has 1 saturated heterocycles. The lowest BCUT2D eigenvalue weighted by Gasteiger charge is -2.29. The van der Waals surface area contributed by atoms with E-state index in [1.807, 2.05) is 0 Å². The van der Waals surface area contributed by atoms with E-state index in [2.05, 4.69) is 0 Å². The Hall–Kier alpha value is -4.01. The van der Waals surface area contributed by atoms with Gasteiger partial charge in [-0.25, -0.2) is 4.39 Å². The molecule has 1 aliphatic rings. The molecule has 0 unspecified atom stereocenters. The lowest BCUT2D eigenvalue weighted by molar-refractivity contribution is -0.133. The van der Waals surface area contributed by atoms with E-state index in [0.717, 1.165) is 12.8 Å². The monoisotopic (exact) mass is 562 g/mol. The maximum atomic E-state index is 13.8. The average Bonchev–Trinajstić information content (AvgIpc) is 3.48. The Morgan fingerprint density at radius 3 is 2.42 bits per heavy atom. The van der Waals surface area contributed by atoms with E-state index in [4.69, 9.17) is 20.8 Å². The molecule has 40 heavy (non-hydrogen) atoms. The van der Waals surface area contributed by atoms with Crippen molar-refractivity contribution in [1.82, 2.24) is 9.80 Å². The van der Waals surface area contributed by atoms with Gasteiger partial charge >= 0.3 is 0 Å². The van der Waals surface area contributed by atoms with Crippen molar-refractivity contribution in [2.75, 3.05) is 19.7 Å². The van der Waals surface area contributed by atoms with Crippen molar-refractivity contribution in [3.63, 3.8) is 0 Å². The third-order valence-electron chi connectivity index (χ3n) is 6.90. The Kier molecular flexibility index (Phi) is 8.57. The highest BCUT2D eigenvalue weighted by atomic mass is 35.5. The fraction of sp³-hybridized carbons (Fsp3) is 0.258. The first-order valence-corrected chi connectivity index (χ1v) is 13.4. The van der Waals surface area contributed by atoms with Gasteiger partial charge in [0.05, 0.1) is 29.9 Å². The standard InChI is InChI=1S/C31H28ClFN2O5/c32-24-11-9-22(10-12-24)31(38)35(18-26-4-3-15-39-26)19-29(36)34(16-21-7-13-25(33)14-8-21)17-23-20-40-28-6-2-1-5-27(28)30(23)37/h1-2,5-14,20,26H,3-4,15-19H2/t26-/m1/s1. The molecule has 0 radical (unpaired) electrons. The number of nitrogens with zero attached hydrogens (tertiary/aromatic N) is 2. The molecule has 1 atom stereocenters. The van der Waals surface area contributed by atoms with Gasteiger partial charge in [-0.3, -0.25) is 14.4 Å². The lowest BCUT2D eigenvalue weighted by atomic mass is 10.1. The highest BCUT2D eigenvalue weighted by Crippen LogP contribution is 2.19. The molecule has 0 aliphatic carbocycles. The summed E-state index contributed by atoms with van der Waals surface area (Å²) in [5, 5.41) is 0.907. The predicted octanol–water partition coefficient (Wildman–Crippen LogP) is 5.44. The molecule has 7 nitrogen and oxygen atoms in total. The summed E-state index contributed by atoms with van der Waals surface area (Å²) >= 11 is 6.01. The number of fused-ring (bicyclic) bond motifs is 1. The van der Waals surface area contributed by atoms with Crippen LogP contribution in [0.3, 0.4) is 0 Å². The van der Waals surface area contributed by atoms with Gasteiger partial charge in [-0.05, 0) is 66.9 Å². The number of hydrogen-bond acceptors (Lipinski definition) is 5. The second kappa shape index (κ2) is 12.4. The van der Waals surface area contributed by atoms with Crippen LogP contribution in [0, 0.1) is 5.82 Å². The molecule has 206 valence electrons. The van der Waals surface area contributed by atoms with Gasteiger partial charge in [0, 0.05) is 30.3 Å². The van der Waals surface area contributed by atoms with Crippen molar-refractivity contribution in [2.45, 2.75) is 32.0 Å². The minimum absolute atomic E-state index is 0.0493. The van der Waals surface area contributed by atoms with Crippen LogP contribution in [0.4, 0.5) is 4.39 Å². The number of rotatable bonds is 9. The highest BCUT2D eigenvalue weighted by molar-refractivity contribution is 6.30. The van der Waals surface area contributed by atoms with Crippen molar-refractivity contribution in [3.8, 4) is 0 Å². The van der Waals surface area contributed by atoms with Crippen molar-refractivity contribution >= 4 is 34.4 Å². The Morgan fingerprint density at radius 1 is 0.950 bits per heavy atom. The number of carbonyl (C=O) groups is 2.